The van der Waals surface area contributed by atoms with E-state index in [0.29, 0.717) is 5.69 Å². The highest BCUT2D eigenvalue weighted by atomic mass is 32.1. The average Bonchev–Trinajstić information content (AvgIpc) is 3.28. The smallest absolute Gasteiger partial charge is 0.274 e. The number of aromatic amines is 1. The van der Waals surface area contributed by atoms with Gasteiger partial charge >= 0.3 is 0 Å². The lowest BCUT2D eigenvalue weighted by atomic mass is 9.98. The molecule has 1 fully saturated rings. The number of carbonyl (C=O) groups is 1. The van der Waals surface area contributed by atoms with E-state index in [9.17, 15) is 4.79 Å². The van der Waals surface area contributed by atoms with Gasteiger partial charge in [-0.3, -0.25) is 14.8 Å². The van der Waals surface area contributed by atoms with Gasteiger partial charge in [-0.05, 0) is 0 Å². The molecular weight excluding hydrogens is 360 g/mol. The van der Waals surface area contributed by atoms with Crippen molar-refractivity contribution in [2.75, 3.05) is 32.7 Å². The third-order valence-electron chi connectivity index (χ3n) is 5.25. The molecule has 0 atom stereocenters. The molecule has 0 unspecified atom stereocenters. The maximum atomic E-state index is 12.9. The fraction of sp³-hybridized carbons (Fsp3) is 0.632. The molecular formula is C19H28N6OS. The lowest BCUT2D eigenvalue weighted by Gasteiger charge is -2.34. The molecule has 2 aromatic rings. The summed E-state index contributed by atoms with van der Waals surface area (Å²) in [4.78, 5) is 22.0. The van der Waals surface area contributed by atoms with Crippen LogP contribution in [0.5, 0.6) is 0 Å². The van der Waals surface area contributed by atoms with Gasteiger partial charge in [0.15, 0.2) is 5.69 Å². The van der Waals surface area contributed by atoms with Crippen LogP contribution in [-0.2, 0) is 24.9 Å². The molecule has 8 heteroatoms. The molecule has 1 saturated heterocycles. The zero-order valence-corrected chi connectivity index (χ0v) is 17.2. The first-order valence-electron chi connectivity index (χ1n) is 9.65. The number of fused-ring (bicyclic) bond motifs is 1. The van der Waals surface area contributed by atoms with Gasteiger partial charge in [0.25, 0.3) is 5.91 Å². The molecule has 2 aromatic heterocycles. The second-order valence-corrected chi connectivity index (χ2v) is 9.28. The van der Waals surface area contributed by atoms with Crippen molar-refractivity contribution in [1.29, 1.82) is 0 Å². The molecule has 0 aliphatic carbocycles. The van der Waals surface area contributed by atoms with E-state index in [0.717, 1.165) is 69.2 Å². The van der Waals surface area contributed by atoms with Crippen molar-refractivity contribution >= 4 is 17.2 Å². The van der Waals surface area contributed by atoms with Crippen LogP contribution < -0.4 is 5.32 Å². The van der Waals surface area contributed by atoms with Crippen LogP contribution in [0, 0.1) is 0 Å². The van der Waals surface area contributed by atoms with E-state index >= 15 is 0 Å². The second-order valence-electron chi connectivity index (χ2n) is 8.42. The van der Waals surface area contributed by atoms with E-state index in [1.807, 2.05) is 4.90 Å². The number of amides is 1. The number of rotatable bonds is 3. The van der Waals surface area contributed by atoms with E-state index in [4.69, 9.17) is 4.98 Å². The van der Waals surface area contributed by atoms with Crippen molar-refractivity contribution in [2.24, 2.45) is 0 Å². The summed E-state index contributed by atoms with van der Waals surface area (Å²) in [5, 5.41) is 14.0. The summed E-state index contributed by atoms with van der Waals surface area (Å²) < 4.78 is 0. The number of thiazole rings is 1. The highest BCUT2D eigenvalue weighted by Gasteiger charge is 2.28. The Labute approximate surface area is 164 Å². The molecule has 4 rings (SSSR count). The third-order valence-corrected chi connectivity index (χ3v) is 6.56. The lowest BCUT2D eigenvalue weighted by molar-refractivity contribution is 0.0620. The Morgan fingerprint density at radius 1 is 1.26 bits per heavy atom. The van der Waals surface area contributed by atoms with Crippen LogP contribution in [0.15, 0.2) is 5.38 Å². The summed E-state index contributed by atoms with van der Waals surface area (Å²) >= 11 is 1.74. The predicted octanol–water partition coefficient (Wildman–Crippen LogP) is 1.77. The Morgan fingerprint density at radius 2 is 2.04 bits per heavy atom. The minimum absolute atomic E-state index is 0.0551. The zero-order chi connectivity index (χ0) is 19.0. The van der Waals surface area contributed by atoms with Gasteiger partial charge in [0.1, 0.15) is 0 Å². The van der Waals surface area contributed by atoms with Crippen molar-refractivity contribution in [1.82, 2.24) is 30.3 Å². The molecule has 146 valence electrons. The first-order valence-corrected chi connectivity index (χ1v) is 10.5. The van der Waals surface area contributed by atoms with Crippen molar-refractivity contribution < 1.29 is 4.79 Å². The van der Waals surface area contributed by atoms with Gasteiger partial charge in [0.2, 0.25) is 0 Å². The van der Waals surface area contributed by atoms with Gasteiger partial charge in [-0.25, -0.2) is 4.98 Å². The molecule has 0 saturated carbocycles. The van der Waals surface area contributed by atoms with Crippen LogP contribution in [0.25, 0.3) is 0 Å². The monoisotopic (exact) mass is 388 g/mol. The van der Waals surface area contributed by atoms with Crippen LogP contribution in [-0.4, -0.2) is 63.6 Å². The van der Waals surface area contributed by atoms with Gasteiger partial charge in [0.05, 0.1) is 10.7 Å². The molecule has 2 aliphatic rings. The highest BCUT2D eigenvalue weighted by molar-refractivity contribution is 7.09. The summed E-state index contributed by atoms with van der Waals surface area (Å²) in [5.41, 5.74) is 3.99. The number of aromatic nitrogens is 3. The molecule has 7 nitrogen and oxygen atoms in total. The van der Waals surface area contributed by atoms with Crippen LogP contribution in [0.2, 0.25) is 0 Å². The lowest BCUT2D eigenvalue weighted by Crippen LogP contribution is -2.48. The predicted molar refractivity (Wildman–Crippen MR) is 106 cm³/mol. The number of nitrogens with zero attached hydrogens (tertiary/aromatic N) is 4. The number of hydrogen-bond donors (Lipinski definition) is 2. The molecule has 0 spiro atoms. The Balaban J connectivity index is 1.34. The quantitative estimate of drug-likeness (QED) is 0.838. The second kappa shape index (κ2) is 7.33. The fourth-order valence-electron chi connectivity index (χ4n) is 3.61. The molecule has 27 heavy (non-hydrogen) atoms. The third kappa shape index (κ3) is 3.93. The van der Waals surface area contributed by atoms with E-state index in [2.05, 4.69) is 46.6 Å². The number of hydrogen-bond acceptors (Lipinski definition) is 6. The van der Waals surface area contributed by atoms with Crippen LogP contribution in [0.1, 0.15) is 53.2 Å². The van der Waals surface area contributed by atoms with Gasteiger partial charge in [-0.2, -0.15) is 5.10 Å². The summed E-state index contributed by atoms with van der Waals surface area (Å²) in [7, 11) is 0. The van der Waals surface area contributed by atoms with Gasteiger partial charge in [0, 0.05) is 74.3 Å². The summed E-state index contributed by atoms with van der Waals surface area (Å²) in [6, 6.07) is 0. The highest BCUT2D eigenvalue weighted by Crippen LogP contribution is 2.26. The minimum atomic E-state index is 0.0551. The van der Waals surface area contributed by atoms with Crippen molar-refractivity contribution in [3.8, 4) is 0 Å². The Kier molecular flexibility index (Phi) is 5.05. The topological polar surface area (TPSA) is 77.2 Å². The van der Waals surface area contributed by atoms with Gasteiger partial charge < -0.3 is 10.2 Å². The summed E-state index contributed by atoms with van der Waals surface area (Å²) in [6.07, 6.45) is 0.910. The van der Waals surface area contributed by atoms with Gasteiger partial charge in [-0.1, -0.05) is 20.8 Å². The summed E-state index contributed by atoms with van der Waals surface area (Å²) in [6.45, 7) is 12.3. The van der Waals surface area contributed by atoms with E-state index in [-0.39, 0.29) is 11.3 Å². The molecule has 2 aliphatic heterocycles. The molecule has 0 aromatic carbocycles. The number of H-pyrrole nitrogens is 1. The van der Waals surface area contributed by atoms with Crippen molar-refractivity contribution in [3.05, 3.63) is 33.0 Å². The minimum Gasteiger partial charge on any atom is -0.335 e. The van der Waals surface area contributed by atoms with Crippen LogP contribution in [0.4, 0.5) is 0 Å². The number of carbonyl (C=O) groups excluding carboxylic acids is 1. The van der Waals surface area contributed by atoms with Crippen molar-refractivity contribution in [3.63, 3.8) is 0 Å². The Morgan fingerprint density at radius 3 is 2.74 bits per heavy atom. The largest absolute Gasteiger partial charge is 0.335 e. The maximum absolute atomic E-state index is 12.9. The summed E-state index contributed by atoms with van der Waals surface area (Å²) in [5.74, 6) is 0.0551. The SMILES string of the molecule is CC(C)(C)c1nc(CN2CCN(C(=O)c3n[nH]c4c3CNCC4)CC2)cs1. The first-order chi connectivity index (χ1) is 12.9. The van der Waals surface area contributed by atoms with Crippen molar-refractivity contribution in [2.45, 2.75) is 45.7 Å². The molecule has 1 amide bonds. The molecule has 4 heterocycles. The Bertz CT molecular complexity index is 813. The standard InChI is InChI=1S/C19H28N6OS/c1-19(2,3)18-21-13(12-27-18)11-24-6-8-25(9-7-24)17(26)16-14-10-20-5-4-15(14)22-23-16/h12,20H,4-11H2,1-3H3,(H,22,23). The molecule has 0 bridgehead atoms. The van der Waals surface area contributed by atoms with E-state index in [1.54, 1.807) is 11.3 Å². The zero-order valence-electron chi connectivity index (χ0n) is 16.3. The van der Waals surface area contributed by atoms with E-state index < -0.39 is 0 Å². The first kappa shape index (κ1) is 18.6. The average molecular weight is 389 g/mol. The van der Waals surface area contributed by atoms with Crippen LogP contribution >= 0.6 is 11.3 Å². The Hall–Kier alpha value is -1.77. The fourth-order valence-corrected chi connectivity index (χ4v) is 4.51. The maximum Gasteiger partial charge on any atom is 0.274 e. The van der Waals surface area contributed by atoms with E-state index in [1.165, 1.54) is 5.01 Å². The number of piperazine rings is 1. The normalized spacial score (nSPS) is 18.6. The number of nitrogens with one attached hydrogen (secondary N) is 2. The molecule has 2 N–H and O–H groups in total. The molecule has 0 radical (unpaired) electrons. The van der Waals surface area contributed by atoms with Gasteiger partial charge in [-0.15, -0.1) is 11.3 Å². The van der Waals surface area contributed by atoms with Crippen LogP contribution in [0.3, 0.4) is 0 Å².